The quantitative estimate of drug-likeness (QED) is 0.280. The van der Waals surface area contributed by atoms with Gasteiger partial charge in [-0.15, -0.1) is 0 Å². The van der Waals surface area contributed by atoms with Crippen LogP contribution in [0, 0.1) is 15.9 Å². The van der Waals surface area contributed by atoms with E-state index < -0.39 is 4.92 Å². The van der Waals surface area contributed by atoms with Gasteiger partial charge in [-0.05, 0) is 48.5 Å². The molecule has 0 aliphatic carbocycles. The number of amides is 1. The molecule has 0 aliphatic rings. The molecule has 1 amide bonds. The molecule has 4 rings (SSSR count). The first-order valence-electron chi connectivity index (χ1n) is 9.50. The Morgan fingerprint density at radius 1 is 1.03 bits per heavy atom. The molecular formula is C23H16FN5O3. The summed E-state index contributed by atoms with van der Waals surface area (Å²) in [5.41, 5.74) is 5.18. The summed E-state index contributed by atoms with van der Waals surface area (Å²) < 4.78 is 14.9. The third-order valence-corrected chi connectivity index (χ3v) is 4.59. The lowest BCUT2D eigenvalue weighted by Gasteiger charge is -2.01. The van der Waals surface area contributed by atoms with Gasteiger partial charge in [0.05, 0.1) is 16.8 Å². The number of benzene rings is 3. The van der Waals surface area contributed by atoms with Crippen LogP contribution in [-0.2, 0) is 0 Å². The molecule has 0 fully saturated rings. The van der Waals surface area contributed by atoms with Crippen LogP contribution in [0.1, 0.15) is 15.9 Å². The van der Waals surface area contributed by atoms with Gasteiger partial charge in [-0.25, -0.2) is 14.5 Å². The predicted octanol–water partition coefficient (Wildman–Crippen LogP) is 4.35. The smallest absolute Gasteiger partial charge is 0.267 e. The summed E-state index contributed by atoms with van der Waals surface area (Å²) in [6, 6.07) is 20.3. The summed E-state index contributed by atoms with van der Waals surface area (Å²) in [7, 11) is 0. The van der Waals surface area contributed by atoms with Crippen LogP contribution < -0.4 is 5.43 Å². The van der Waals surface area contributed by atoms with Gasteiger partial charge in [0.2, 0.25) is 0 Å². The van der Waals surface area contributed by atoms with Gasteiger partial charge in [0.25, 0.3) is 11.6 Å². The molecule has 1 aromatic heterocycles. The molecule has 0 saturated carbocycles. The van der Waals surface area contributed by atoms with Crippen LogP contribution in [-0.4, -0.2) is 26.8 Å². The van der Waals surface area contributed by atoms with Crippen LogP contribution in [0.2, 0.25) is 0 Å². The Morgan fingerprint density at radius 2 is 1.72 bits per heavy atom. The van der Waals surface area contributed by atoms with Gasteiger partial charge < -0.3 is 0 Å². The van der Waals surface area contributed by atoms with E-state index in [1.807, 2.05) is 6.07 Å². The molecule has 0 aliphatic heterocycles. The van der Waals surface area contributed by atoms with Crippen molar-refractivity contribution in [2.75, 3.05) is 0 Å². The zero-order valence-electron chi connectivity index (χ0n) is 16.6. The first-order chi connectivity index (χ1) is 15.5. The number of nitrogens with one attached hydrogen (secondary N) is 1. The molecule has 9 heteroatoms. The fraction of sp³-hybridized carbons (Fsp3) is 0. The van der Waals surface area contributed by atoms with E-state index in [2.05, 4.69) is 15.6 Å². The van der Waals surface area contributed by atoms with Gasteiger partial charge in [0, 0.05) is 35.0 Å². The number of carbonyl (C=O) groups is 1. The zero-order chi connectivity index (χ0) is 22.5. The number of halogens is 1. The second-order valence-electron chi connectivity index (χ2n) is 6.72. The van der Waals surface area contributed by atoms with E-state index in [1.165, 1.54) is 35.2 Å². The van der Waals surface area contributed by atoms with Crippen LogP contribution >= 0.6 is 0 Å². The first-order valence-corrected chi connectivity index (χ1v) is 9.50. The largest absolute Gasteiger partial charge is 0.271 e. The molecule has 0 bridgehead atoms. The number of nitrogens with zero attached hydrogens (tertiary/aromatic N) is 4. The minimum atomic E-state index is -0.482. The van der Waals surface area contributed by atoms with Crippen molar-refractivity contribution in [3.8, 4) is 16.9 Å². The predicted molar refractivity (Wildman–Crippen MR) is 117 cm³/mol. The Hall–Kier alpha value is -4.66. The molecule has 3 aromatic carbocycles. The van der Waals surface area contributed by atoms with Crippen molar-refractivity contribution in [1.29, 1.82) is 0 Å². The van der Waals surface area contributed by atoms with Gasteiger partial charge in [-0.2, -0.15) is 10.2 Å². The molecule has 0 radical (unpaired) electrons. The molecule has 1 N–H and O–H groups in total. The van der Waals surface area contributed by atoms with Crippen molar-refractivity contribution in [3.05, 3.63) is 112 Å². The molecule has 1 heterocycles. The minimum absolute atomic E-state index is 0.0370. The van der Waals surface area contributed by atoms with E-state index in [1.54, 1.807) is 54.7 Å². The highest BCUT2D eigenvalue weighted by Gasteiger charge is 2.13. The van der Waals surface area contributed by atoms with E-state index in [9.17, 15) is 19.3 Å². The van der Waals surface area contributed by atoms with Crippen LogP contribution in [0.5, 0.6) is 0 Å². The summed E-state index contributed by atoms with van der Waals surface area (Å²) in [6.07, 6.45) is 3.10. The summed E-state index contributed by atoms with van der Waals surface area (Å²) in [5, 5.41) is 19.5. The fourth-order valence-corrected chi connectivity index (χ4v) is 2.99. The molecule has 32 heavy (non-hydrogen) atoms. The van der Waals surface area contributed by atoms with Crippen LogP contribution in [0.4, 0.5) is 10.1 Å². The van der Waals surface area contributed by atoms with E-state index >= 15 is 0 Å². The lowest BCUT2D eigenvalue weighted by Crippen LogP contribution is -2.17. The third kappa shape index (κ3) is 4.57. The maximum Gasteiger partial charge on any atom is 0.271 e. The number of hydrazone groups is 1. The summed E-state index contributed by atoms with van der Waals surface area (Å²) in [4.78, 5) is 22.6. The average Bonchev–Trinajstić information content (AvgIpc) is 3.24. The molecule has 4 aromatic rings. The van der Waals surface area contributed by atoms with Gasteiger partial charge in [0.15, 0.2) is 0 Å². The normalized spacial score (nSPS) is 10.9. The van der Waals surface area contributed by atoms with Crippen molar-refractivity contribution in [1.82, 2.24) is 15.2 Å². The van der Waals surface area contributed by atoms with Gasteiger partial charge >= 0.3 is 0 Å². The third-order valence-electron chi connectivity index (χ3n) is 4.59. The Labute approximate surface area is 181 Å². The fourth-order valence-electron chi connectivity index (χ4n) is 2.99. The highest BCUT2D eigenvalue weighted by Crippen LogP contribution is 2.24. The molecule has 0 spiro atoms. The highest BCUT2D eigenvalue weighted by molar-refractivity contribution is 5.95. The van der Waals surface area contributed by atoms with Crippen LogP contribution in [0.15, 0.2) is 90.2 Å². The monoisotopic (exact) mass is 429 g/mol. The number of aromatic nitrogens is 2. The minimum Gasteiger partial charge on any atom is -0.267 e. The van der Waals surface area contributed by atoms with Crippen molar-refractivity contribution < 1.29 is 14.1 Å². The van der Waals surface area contributed by atoms with Crippen molar-refractivity contribution in [2.24, 2.45) is 5.10 Å². The number of nitro groups is 1. The number of rotatable bonds is 6. The lowest BCUT2D eigenvalue weighted by molar-refractivity contribution is -0.384. The highest BCUT2D eigenvalue weighted by atomic mass is 19.1. The SMILES string of the molecule is O=C(N/N=C/c1cn(-c2ccc([N+](=O)[O-])cc2)nc1-c1ccc(F)cc1)c1ccccc1. The first kappa shape index (κ1) is 20.6. The molecule has 158 valence electrons. The second-order valence-corrected chi connectivity index (χ2v) is 6.72. The number of carbonyl (C=O) groups excluding carboxylic acids is 1. The van der Waals surface area contributed by atoms with E-state index in [0.717, 1.165) is 0 Å². The van der Waals surface area contributed by atoms with Crippen LogP contribution in [0.3, 0.4) is 0 Å². The summed E-state index contributed by atoms with van der Waals surface area (Å²) in [6.45, 7) is 0. The maximum atomic E-state index is 13.4. The average molecular weight is 429 g/mol. The molecule has 8 nitrogen and oxygen atoms in total. The number of non-ortho nitro benzene ring substituents is 1. The summed E-state index contributed by atoms with van der Waals surface area (Å²) in [5.74, 6) is -0.748. The van der Waals surface area contributed by atoms with Crippen LogP contribution in [0.25, 0.3) is 16.9 Å². The van der Waals surface area contributed by atoms with E-state index in [0.29, 0.717) is 28.1 Å². The van der Waals surface area contributed by atoms with Gasteiger partial charge in [-0.1, -0.05) is 18.2 Å². The van der Waals surface area contributed by atoms with Crippen molar-refractivity contribution >= 4 is 17.8 Å². The van der Waals surface area contributed by atoms with Crippen molar-refractivity contribution in [3.63, 3.8) is 0 Å². The topological polar surface area (TPSA) is 102 Å². The lowest BCUT2D eigenvalue weighted by atomic mass is 10.1. The molecule has 0 saturated heterocycles. The number of hydrogen-bond acceptors (Lipinski definition) is 5. The second kappa shape index (κ2) is 9.00. The van der Waals surface area contributed by atoms with E-state index in [-0.39, 0.29) is 17.4 Å². The number of nitro benzene ring substituents is 1. The van der Waals surface area contributed by atoms with E-state index in [4.69, 9.17) is 0 Å². The number of hydrogen-bond donors (Lipinski definition) is 1. The summed E-state index contributed by atoms with van der Waals surface area (Å²) >= 11 is 0. The Bertz CT molecular complexity index is 1280. The Morgan fingerprint density at radius 3 is 2.38 bits per heavy atom. The van der Waals surface area contributed by atoms with Gasteiger partial charge in [0.1, 0.15) is 11.5 Å². The maximum absolute atomic E-state index is 13.4. The zero-order valence-corrected chi connectivity index (χ0v) is 16.6. The van der Waals surface area contributed by atoms with Gasteiger partial charge in [-0.3, -0.25) is 14.9 Å². The standard InChI is InChI=1S/C23H16FN5O3/c24-19-8-6-16(7-9-19)22-18(14-25-26-23(30)17-4-2-1-3-5-17)15-28(27-22)20-10-12-21(13-11-20)29(31)32/h1-15H,(H,26,30)/b25-14+. The molecular weight excluding hydrogens is 413 g/mol. The molecule has 0 unspecified atom stereocenters. The Kier molecular flexibility index (Phi) is 5.80. The Balaban J connectivity index is 1.65. The molecule has 0 atom stereocenters. The van der Waals surface area contributed by atoms with Crippen molar-refractivity contribution in [2.45, 2.75) is 0 Å².